The Morgan fingerprint density at radius 2 is 1.88 bits per heavy atom. The largest absolute Gasteiger partial charge is 0.383 e. The summed E-state index contributed by atoms with van der Waals surface area (Å²) in [6.45, 7) is 5.79. The zero-order valence-corrected chi connectivity index (χ0v) is 21.0. The number of aromatic nitrogens is 3. The molecule has 172 valence electrons. The van der Waals surface area contributed by atoms with Crippen LogP contribution in [-0.4, -0.2) is 38.5 Å². The topological polar surface area (TPSA) is 96.5 Å². The number of rotatable bonds is 8. The molecule has 2 aromatic heterocycles. The highest BCUT2D eigenvalue weighted by atomic mass is 127. The molecule has 1 atom stereocenters. The lowest BCUT2D eigenvalue weighted by Crippen LogP contribution is -2.44. The van der Waals surface area contributed by atoms with Gasteiger partial charge in [0, 0.05) is 37.6 Å². The van der Waals surface area contributed by atoms with Crippen LogP contribution in [0, 0.1) is 0 Å². The van der Waals surface area contributed by atoms with Crippen LogP contribution in [0.15, 0.2) is 70.8 Å². The van der Waals surface area contributed by atoms with Gasteiger partial charge in [-0.1, -0.05) is 30.3 Å². The summed E-state index contributed by atoms with van der Waals surface area (Å²) in [5.41, 5.74) is 1.77. The lowest BCUT2D eigenvalue weighted by Gasteiger charge is -2.23. The molecule has 32 heavy (non-hydrogen) atoms. The standard InChI is InChI=1S/C23H30N6O2.HI/c1-4-24-22(26-17-23(2,31)20-14-27-28(3)16-20)25-13-18-8-10-19(11-9-18)15-29-12-6-5-7-21(29)30;/h5-12,14,16,31H,4,13,15,17H2,1-3H3,(H2,24,25,26);1H. The van der Waals surface area contributed by atoms with Crippen LogP contribution in [0.5, 0.6) is 0 Å². The first-order valence-corrected chi connectivity index (χ1v) is 10.3. The molecule has 0 spiro atoms. The van der Waals surface area contributed by atoms with Crippen LogP contribution >= 0.6 is 24.0 Å². The van der Waals surface area contributed by atoms with Gasteiger partial charge in [-0.05, 0) is 31.0 Å². The van der Waals surface area contributed by atoms with Gasteiger partial charge in [0.15, 0.2) is 5.96 Å². The van der Waals surface area contributed by atoms with E-state index in [9.17, 15) is 9.90 Å². The molecule has 3 rings (SSSR count). The van der Waals surface area contributed by atoms with Crippen LogP contribution in [-0.2, 0) is 25.7 Å². The van der Waals surface area contributed by atoms with Gasteiger partial charge in [-0.25, -0.2) is 4.99 Å². The normalized spacial score (nSPS) is 13.2. The molecule has 3 aromatic rings. The Balaban J connectivity index is 0.00000363. The van der Waals surface area contributed by atoms with Crippen LogP contribution in [0.1, 0.15) is 30.5 Å². The number of aryl methyl sites for hydroxylation is 1. The molecule has 0 bridgehead atoms. The van der Waals surface area contributed by atoms with Crippen molar-refractivity contribution in [1.82, 2.24) is 25.0 Å². The van der Waals surface area contributed by atoms with E-state index in [1.807, 2.05) is 44.3 Å². The van der Waals surface area contributed by atoms with Crippen molar-refractivity contribution in [1.29, 1.82) is 0 Å². The average Bonchev–Trinajstić information content (AvgIpc) is 3.20. The van der Waals surface area contributed by atoms with Crippen molar-refractivity contribution in [2.45, 2.75) is 32.5 Å². The number of benzene rings is 1. The van der Waals surface area contributed by atoms with Crippen molar-refractivity contribution in [3.63, 3.8) is 0 Å². The molecule has 3 N–H and O–H groups in total. The van der Waals surface area contributed by atoms with Crippen molar-refractivity contribution in [3.05, 3.63) is 88.1 Å². The predicted molar refractivity (Wildman–Crippen MR) is 137 cm³/mol. The summed E-state index contributed by atoms with van der Waals surface area (Å²) in [7, 11) is 1.82. The van der Waals surface area contributed by atoms with Crippen LogP contribution in [0.25, 0.3) is 0 Å². The first-order chi connectivity index (χ1) is 14.9. The van der Waals surface area contributed by atoms with Gasteiger partial charge in [0.05, 0.1) is 25.8 Å². The molecule has 0 fully saturated rings. The second-order valence-corrected chi connectivity index (χ2v) is 7.71. The van der Waals surface area contributed by atoms with Crippen LogP contribution in [0.2, 0.25) is 0 Å². The molecule has 2 heterocycles. The lowest BCUT2D eigenvalue weighted by molar-refractivity contribution is 0.0616. The number of guanidine groups is 1. The number of hydrogen-bond donors (Lipinski definition) is 3. The first-order valence-electron chi connectivity index (χ1n) is 10.3. The van der Waals surface area contributed by atoms with E-state index in [1.165, 1.54) is 0 Å². The molecular weight excluding hydrogens is 519 g/mol. The molecule has 0 aliphatic heterocycles. The average molecular weight is 550 g/mol. The molecule has 1 aromatic carbocycles. The van der Waals surface area contributed by atoms with E-state index in [1.54, 1.807) is 46.9 Å². The monoisotopic (exact) mass is 550 g/mol. The first kappa shape index (κ1) is 25.6. The number of nitrogens with one attached hydrogen (secondary N) is 2. The minimum absolute atomic E-state index is 0. The van der Waals surface area contributed by atoms with Crippen molar-refractivity contribution in [2.24, 2.45) is 12.0 Å². The van der Waals surface area contributed by atoms with Crippen molar-refractivity contribution < 1.29 is 5.11 Å². The highest BCUT2D eigenvalue weighted by molar-refractivity contribution is 14.0. The molecule has 0 saturated heterocycles. The van der Waals surface area contributed by atoms with Gasteiger partial charge in [0.2, 0.25) is 0 Å². The zero-order valence-electron chi connectivity index (χ0n) is 18.7. The summed E-state index contributed by atoms with van der Waals surface area (Å²) in [5, 5.41) is 21.3. The van der Waals surface area contributed by atoms with E-state index in [2.05, 4.69) is 20.7 Å². The predicted octanol–water partition coefficient (Wildman–Crippen LogP) is 2.21. The Hall–Kier alpha value is -2.66. The number of hydrogen-bond acceptors (Lipinski definition) is 4. The minimum Gasteiger partial charge on any atom is -0.383 e. The minimum atomic E-state index is -1.07. The molecule has 0 radical (unpaired) electrons. The van der Waals surface area contributed by atoms with Gasteiger partial charge in [0.25, 0.3) is 5.56 Å². The highest BCUT2D eigenvalue weighted by Gasteiger charge is 2.24. The van der Waals surface area contributed by atoms with E-state index in [0.29, 0.717) is 32.1 Å². The summed E-state index contributed by atoms with van der Waals surface area (Å²) in [6.07, 6.45) is 5.25. The zero-order chi connectivity index (χ0) is 22.3. The number of aliphatic hydroxyl groups is 1. The summed E-state index contributed by atoms with van der Waals surface area (Å²) in [5.74, 6) is 0.631. The van der Waals surface area contributed by atoms with Gasteiger partial charge in [0.1, 0.15) is 5.60 Å². The molecular formula is C23H31IN6O2. The van der Waals surface area contributed by atoms with Gasteiger partial charge < -0.3 is 20.3 Å². The van der Waals surface area contributed by atoms with Crippen molar-refractivity contribution >= 4 is 29.9 Å². The van der Waals surface area contributed by atoms with E-state index in [4.69, 9.17) is 0 Å². The molecule has 8 nitrogen and oxygen atoms in total. The second-order valence-electron chi connectivity index (χ2n) is 7.71. The third-order valence-corrected chi connectivity index (χ3v) is 4.97. The number of pyridine rings is 1. The maximum Gasteiger partial charge on any atom is 0.250 e. The fourth-order valence-electron chi connectivity index (χ4n) is 3.11. The molecule has 0 saturated carbocycles. The smallest absolute Gasteiger partial charge is 0.250 e. The van der Waals surface area contributed by atoms with Gasteiger partial charge in [-0.3, -0.25) is 9.48 Å². The quantitative estimate of drug-likeness (QED) is 0.227. The molecule has 0 amide bonds. The Bertz CT molecular complexity index is 1070. The van der Waals surface area contributed by atoms with Crippen LogP contribution in [0.3, 0.4) is 0 Å². The van der Waals surface area contributed by atoms with Crippen LogP contribution in [0.4, 0.5) is 0 Å². The summed E-state index contributed by atoms with van der Waals surface area (Å²) >= 11 is 0. The van der Waals surface area contributed by atoms with Crippen LogP contribution < -0.4 is 16.2 Å². The summed E-state index contributed by atoms with van der Waals surface area (Å²) in [6, 6.07) is 13.2. The maximum absolute atomic E-state index is 11.9. The molecule has 9 heteroatoms. The summed E-state index contributed by atoms with van der Waals surface area (Å²) in [4.78, 5) is 16.5. The van der Waals surface area contributed by atoms with Gasteiger partial charge >= 0.3 is 0 Å². The molecule has 0 aliphatic rings. The maximum atomic E-state index is 11.9. The lowest BCUT2D eigenvalue weighted by atomic mass is 10.00. The highest BCUT2D eigenvalue weighted by Crippen LogP contribution is 2.18. The van der Waals surface area contributed by atoms with E-state index in [-0.39, 0.29) is 29.5 Å². The fraction of sp³-hybridized carbons (Fsp3) is 0.348. The van der Waals surface area contributed by atoms with Crippen molar-refractivity contribution in [2.75, 3.05) is 13.1 Å². The number of nitrogens with zero attached hydrogens (tertiary/aromatic N) is 4. The Morgan fingerprint density at radius 3 is 2.50 bits per heavy atom. The molecule has 1 unspecified atom stereocenters. The number of aliphatic imine (C=N–C) groups is 1. The van der Waals surface area contributed by atoms with Gasteiger partial charge in [-0.2, -0.15) is 5.10 Å². The van der Waals surface area contributed by atoms with Crippen molar-refractivity contribution in [3.8, 4) is 0 Å². The Morgan fingerprint density at radius 1 is 1.16 bits per heavy atom. The van der Waals surface area contributed by atoms with E-state index in [0.717, 1.165) is 16.7 Å². The second kappa shape index (κ2) is 11.8. The third-order valence-electron chi connectivity index (χ3n) is 4.97. The Kier molecular flexibility index (Phi) is 9.45. The molecule has 0 aliphatic carbocycles. The van der Waals surface area contributed by atoms with E-state index < -0.39 is 5.60 Å². The van der Waals surface area contributed by atoms with E-state index >= 15 is 0 Å². The fourth-order valence-corrected chi connectivity index (χ4v) is 3.11. The SMILES string of the molecule is CCNC(=NCc1ccc(Cn2ccccc2=O)cc1)NCC(C)(O)c1cnn(C)c1.I. The summed E-state index contributed by atoms with van der Waals surface area (Å²) < 4.78 is 3.34. The van der Waals surface area contributed by atoms with Gasteiger partial charge in [-0.15, -0.1) is 24.0 Å². The number of halogens is 1. The third kappa shape index (κ3) is 7.20. The Labute approximate surface area is 205 Å².